The minimum Gasteiger partial charge on any atom is -0.462 e. The first-order valence-corrected chi connectivity index (χ1v) is 6.76. The number of esters is 1. The number of nitrogens with zero attached hydrogens (tertiary/aromatic N) is 3. The van der Waals surface area contributed by atoms with Gasteiger partial charge in [-0.2, -0.15) is 5.10 Å². The first-order valence-electron chi connectivity index (χ1n) is 6.76. The van der Waals surface area contributed by atoms with Gasteiger partial charge in [0.15, 0.2) is 0 Å². The highest BCUT2D eigenvalue weighted by Crippen LogP contribution is 2.15. The molecule has 0 aliphatic carbocycles. The van der Waals surface area contributed by atoms with Gasteiger partial charge in [0.1, 0.15) is 5.56 Å². The van der Waals surface area contributed by atoms with Gasteiger partial charge < -0.3 is 10.1 Å². The Balaban J connectivity index is 2.14. The SMILES string of the molecule is CCOC(=O)c1cnn(C)c1CN1CCNC[C@@H]1C. The molecule has 2 rings (SSSR count). The van der Waals surface area contributed by atoms with Crippen LogP contribution in [-0.4, -0.2) is 52.9 Å². The summed E-state index contributed by atoms with van der Waals surface area (Å²) in [5.41, 5.74) is 1.50. The molecule has 1 N–H and O–H groups in total. The van der Waals surface area contributed by atoms with Gasteiger partial charge in [-0.25, -0.2) is 4.79 Å². The standard InChI is InChI=1S/C13H22N4O2/c1-4-19-13(18)11-8-15-16(3)12(11)9-17-6-5-14-7-10(17)2/h8,10,14H,4-7,9H2,1-3H3/t10-/m0/s1. The van der Waals surface area contributed by atoms with Gasteiger partial charge >= 0.3 is 5.97 Å². The normalized spacial score (nSPS) is 20.5. The van der Waals surface area contributed by atoms with Gasteiger partial charge in [-0.1, -0.05) is 0 Å². The van der Waals surface area contributed by atoms with Gasteiger partial charge in [0.05, 0.1) is 18.5 Å². The molecule has 0 bridgehead atoms. The minimum absolute atomic E-state index is 0.284. The third-order valence-electron chi connectivity index (χ3n) is 3.55. The summed E-state index contributed by atoms with van der Waals surface area (Å²) in [6, 6.07) is 0.457. The third-order valence-corrected chi connectivity index (χ3v) is 3.55. The highest BCUT2D eigenvalue weighted by atomic mass is 16.5. The number of rotatable bonds is 4. The number of aryl methyl sites for hydroxylation is 1. The number of ether oxygens (including phenoxy) is 1. The third kappa shape index (κ3) is 3.13. The molecule has 106 valence electrons. The smallest absolute Gasteiger partial charge is 0.341 e. The van der Waals surface area contributed by atoms with Crippen LogP contribution in [-0.2, 0) is 18.3 Å². The van der Waals surface area contributed by atoms with Crippen LogP contribution < -0.4 is 5.32 Å². The fourth-order valence-corrected chi connectivity index (χ4v) is 2.34. The van der Waals surface area contributed by atoms with Crippen LogP contribution in [0.5, 0.6) is 0 Å². The maximum absolute atomic E-state index is 11.9. The second-order valence-corrected chi connectivity index (χ2v) is 4.87. The molecule has 19 heavy (non-hydrogen) atoms. The summed E-state index contributed by atoms with van der Waals surface area (Å²) in [5, 5.41) is 7.54. The van der Waals surface area contributed by atoms with Crippen molar-refractivity contribution in [2.75, 3.05) is 26.2 Å². The molecule has 0 aromatic carbocycles. The first kappa shape index (κ1) is 14.0. The van der Waals surface area contributed by atoms with Crippen molar-refractivity contribution in [2.24, 2.45) is 7.05 Å². The van der Waals surface area contributed by atoms with Crippen molar-refractivity contribution >= 4 is 5.97 Å². The molecule has 1 aliphatic rings. The Hall–Kier alpha value is -1.40. The lowest BCUT2D eigenvalue weighted by molar-refractivity contribution is 0.0522. The van der Waals surface area contributed by atoms with Crippen LogP contribution in [0.2, 0.25) is 0 Å². The molecule has 1 aliphatic heterocycles. The van der Waals surface area contributed by atoms with Crippen molar-refractivity contribution in [2.45, 2.75) is 26.4 Å². The molecule has 1 atom stereocenters. The Bertz CT molecular complexity index is 444. The van der Waals surface area contributed by atoms with Crippen LogP contribution >= 0.6 is 0 Å². The number of nitrogens with one attached hydrogen (secondary N) is 1. The molecule has 1 saturated heterocycles. The van der Waals surface area contributed by atoms with E-state index in [1.165, 1.54) is 0 Å². The van der Waals surface area contributed by atoms with E-state index in [1.807, 2.05) is 14.0 Å². The van der Waals surface area contributed by atoms with E-state index in [4.69, 9.17) is 4.74 Å². The van der Waals surface area contributed by atoms with E-state index >= 15 is 0 Å². The van der Waals surface area contributed by atoms with Gasteiger partial charge in [-0.05, 0) is 13.8 Å². The molecule has 6 heteroatoms. The summed E-state index contributed by atoms with van der Waals surface area (Å²) >= 11 is 0. The molecule has 0 radical (unpaired) electrons. The predicted octanol–water partition coefficient (Wildman–Crippen LogP) is 0.391. The quantitative estimate of drug-likeness (QED) is 0.799. The topological polar surface area (TPSA) is 59.4 Å². The maximum Gasteiger partial charge on any atom is 0.341 e. The highest BCUT2D eigenvalue weighted by molar-refractivity contribution is 5.90. The second kappa shape index (κ2) is 6.16. The molecule has 1 aromatic rings. The van der Waals surface area contributed by atoms with Gasteiger partial charge in [0.2, 0.25) is 0 Å². The van der Waals surface area contributed by atoms with Crippen molar-refractivity contribution < 1.29 is 9.53 Å². The van der Waals surface area contributed by atoms with E-state index in [-0.39, 0.29) is 5.97 Å². The van der Waals surface area contributed by atoms with Crippen molar-refractivity contribution in [3.8, 4) is 0 Å². The molecular formula is C13H22N4O2. The van der Waals surface area contributed by atoms with E-state index in [9.17, 15) is 4.79 Å². The van der Waals surface area contributed by atoms with Gasteiger partial charge in [-0.3, -0.25) is 9.58 Å². The molecule has 6 nitrogen and oxygen atoms in total. The van der Waals surface area contributed by atoms with E-state index in [0.717, 1.165) is 31.9 Å². The van der Waals surface area contributed by atoms with Crippen molar-refractivity contribution in [1.82, 2.24) is 20.0 Å². The summed E-state index contributed by atoms with van der Waals surface area (Å²) in [7, 11) is 1.87. The monoisotopic (exact) mass is 266 g/mol. The summed E-state index contributed by atoms with van der Waals surface area (Å²) < 4.78 is 6.84. The zero-order valence-electron chi connectivity index (χ0n) is 11.8. The summed E-state index contributed by atoms with van der Waals surface area (Å²) in [4.78, 5) is 14.3. The first-order chi connectivity index (χ1) is 9.13. The minimum atomic E-state index is -0.284. The molecule has 2 heterocycles. The van der Waals surface area contributed by atoms with E-state index in [0.29, 0.717) is 18.2 Å². The zero-order chi connectivity index (χ0) is 13.8. The Morgan fingerprint density at radius 3 is 3.11 bits per heavy atom. The molecule has 0 amide bonds. The maximum atomic E-state index is 11.9. The molecular weight excluding hydrogens is 244 g/mol. The van der Waals surface area contributed by atoms with Gasteiger partial charge in [0, 0.05) is 39.3 Å². The van der Waals surface area contributed by atoms with E-state index < -0.39 is 0 Å². The number of carbonyl (C=O) groups is 1. The molecule has 0 saturated carbocycles. The zero-order valence-corrected chi connectivity index (χ0v) is 11.8. The fraction of sp³-hybridized carbons (Fsp3) is 0.692. The number of piperazine rings is 1. The fourth-order valence-electron chi connectivity index (χ4n) is 2.34. The lowest BCUT2D eigenvalue weighted by atomic mass is 10.1. The summed E-state index contributed by atoms with van der Waals surface area (Å²) in [6.07, 6.45) is 1.60. The Morgan fingerprint density at radius 2 is 2.42 bits per heavy atom. The number of carbonyl (C=O) groups excluding carboxylic acids is 1. The highest BCUT2D eigenvalue weighted by Gasteiger charge is 2.23. The van der Waals surface area contributed by atoms with Crippen LogP contribution in [0.3, 0.4) is 0 Å². The van der Waals surface area contributed by atoms with Crippen LogP contribution in [0.25, 0.3) is 0 Å². The number of aromatic nitrogens is 2. The molecule has 0 unspecified atom stereocenters. The van der Waals surface area contributed by atoms with Crippen LogP contribution in [0.4, 0.5) is 0 Å². The number of hydrogen-bond acceptors (Lipinski definition) is 5. The average Bonchev–Trinajstić information content (AvgIpc) is 2.74. The largest absolute Gasteiger partial charge is 0.462 e. The Morgan fingerprint density at radius 1 is 1.63 bits per heavy atom. The van der Waals surface area contributed by atoms with Crippen molar-refractivity contribution in [1.29, 1.82) is 0 Å². The van der Waals surface area contributed by atoms with Crippen LogP contribution in [0.15, 0.2) is 6.20 Å². The van der Waals surface area contributed by atoms with Gasteiger partial charge in [-0.15, -0.1) is 0 Å². The van der Waals surface area contributed by atoms with Gasteiger partial charge in [0.25, 0.3) is 0 Å². The Kier molecular flexibility index (Phi) is 4.55. The summed E-state index contributed by atoms with van der Waals surface area (Å²) in [5.74, 6) is -0.284. The molecule has 1 aromatic heterocycles. The predicted molar refractivity (Wildman–Crippen MR) is 71.9 cm³/mol. The lowest BCUT2D eigenvalue weighted by Gasteiger charge is -2.33. The van der Waals surface area contributed by atoms with E-state index in [1.54, 1.807) is 10.9 Å². The molecule has 1 fully saturated rings. The summed E-state index contributed by atoms with van der Waals surface area (Å²) in [6.45, 7) is 8.06. The van der Waals surface area contributed by atoms with Crippen molar-refractivity contribution in [3.05, 3.63) is 17.5 Å². The lowest BCUT2D eigenvalue weighted by Crippen LogP contribution is -2.49. The Labute approximate surface area is 113 Å². The van der Waals surface area contributed by atoms with Crippen LogP contribution in [0.1, 0.15) is 29.9 Å². The average molecular weight is 266 g/mol. The van der Waals surface area contributed by atoms with Crippen molar-refractivity contribution in [3.63, 3.8) is 0 Å². The second-order valence-electron chi connectivity index (χ2n) is 4.87. The van der Waals surface area contributed by atoms with Crippen LogP contribution in [0, 0.1) is 0 Å². The van der Waals surface area contributed by atoms with E-state index in [2.05, 4.69) is 22.2 Å². The molecule has 0 spiro atoms. The number of hydrogen-bond donors (Lipinski definition) is 1.